The van der Waals surface area contributed by atoms with Gasteiger partial charge in [0.25, 0.3) is 0 Å². The Labute approximate surface area is 155 Å². The number of carbonyl (C=O) groups is 1. The number of likely N-dealkylation sites (tertiary alicyclic amines) is 1. The number of amides is 1. The van der Waals surface area contributed by atoms with Crippen molar-refractivity contribution in [1.82, 2.24) is 14.9 Å². The van der Waals surface area contributed by atoms with Crippen LogP contribution in [0.2, 0.25) is 0 Å². The highest BCUT2D eigenvalue weighted by molar-refractivity contribution is 5.77. The standard InChI is InChI=1S/C21H26N4O/c1-16(2)11-19(26)24-10-7-21(14-24)15-25(13-17-5-3-8-22-12-17)18-6-4-9-23-20(18)21/h3-6,8-9,12,16H,7,10-11,13-15H2,1-2H3/t21-/m0/s1. The van der Waals surface area contributed by atoms with E-state index in [1.807, 2.05) is 29.4 Å². The van der Waals surface area contributed by atoms with Crippen molar-refractivity contribution in [3.8, 4) is 0 Å². The molecule has 4 rings (SSSR count). The zero-order valence-corrected chi connectivity index (χ0v) is 15.6. The van der Waals surface area contributed by atoms with E-state index in [4.69, 9.17) is 4.98 Å². The van der Waals surface area contributed by atoms with Crippen LogP contribution in [0.4, 0.5) is 5.69 Å². The summed E-state index contributed by atoms with van der Waals surface area (Å²) in [4.78, 5) is 26.0. The predicted octanol–water partition coefficient (Wildman–Crippen LogP) is 3.01. The molecule has 1 amide bonds. The van der Waals surface area contributed by atoms with E-state index in [9.17, 15) is 4.79 Å². The van der Waals surface area contributed by atoms with Crippen LogP contribution in [0.5, 0.6) is 0 Å². The summed E-state index contributed by atoms with van der Waals surface area (Å²) in [6.07, 6.45) is 7.23. The van der Waals surface area contributed by atoms with Gasteiger partial charge in [0.2, 0.25) is 5.91 Å². The molecule has 136 valence electrons. The summed E-state index contributed by atoms with van der Waals surface area (Å²) < 4.78 is 0. The highest BCUT2D eigenvalue weighted by Crippen LogP contribution is 2.45. The highest BCUT2D eigenvalue weighted by Gasteiger charge is 2.49. The Morgan fingerprint density at radius 2 is 2.08 bits per heavy atom. The van der Waals surface area contributed by atoms with Gasteiger partial charge >= 0.3 is 0 Å². The maximum absolute atomic E-state index is 12.6. The lowest BCUT2D eigenvalue weighted by Gasteiger charge is -2.26. The molecule has 0 aliphatic carbocycles. The van der Waals surface area contributed by atoms with Gasteiger partial charge in [-0.1, -0.05) is 19.9 Å². The Morgan fingerprint density at radius 3 is 2.85 bits per heavy atom. The molecule has 2 aromatic heterocycles. The van der Waals surface area contributed by atoms with Gasteiger partial charge in [-0.15, -0.1) is 0 Å². The van der Waals surface area contributed by atoms with Crippen molar-refractivity contribution in [2.24, 2.45) is 5.92 Å². The van der Waals surface area contributed by atoms with E-state index in [1.54, 1.807) is 6.20 Å². The van der Waals surface area contributed by atoms with Gasteiger partial charge in [0, 0.05) is 51.2 Å². The molecule has 1 atom stereocenters. The normalized spacial score (nSPS) is 21.7. The molecule has 1 spiro atoms. The second-order valence-corrected chi connectivity index (χ2v) is 8.03. The molecule has 2 aromatic rings. The average Bonchev–Trinajstić information content (AvgIpc) is 3.19. The van der Waals surface area contributed by atoms with E-state index in [-0.39, 0.29) is 11.3 Å². The Morgan fingerprint density at radius 1 is 1.23 bits per heavy atom. The van der Waals surface area contributed by atoms with Crippen molar-refractivity contribution >= 4 is 11.6 Å². The van der Waals surface area contributed by atoms with E-state index in [0.29, 0.717) is 12.3 Å². The van der Waals surface area contributed by atoms with Crippen LogP contribution >= 0.6 is 0 Å². The molecule has 4 heterocycles. The Bertz CT molecular complexity index is 792. The van der Waals surface area contributed by atoms with Gasteiger partial charge in [-0.05, 0) is 36.1 Å². The van der Waals surface area contributed by atoms with E-state index in [2.05, 4.69) is 35.9 Å². The summed E-state index contributed by atoms with van der Waals surface area (Å²) in [6, 6.07) is 8.26. The van der Waals surface area contributed by atoms with Crippen LogP contribution in [0.3, 0.4) is 0 Å². The first-order valence-corrected chi connectivity index (χ1v) is 9.44. The lowest BCUT2D eigenvalue weighted by atomic mass is 9.85. The summed E-state index contributed by atoms with van der Waals surface area (Å²) >= 11 is 0. The molecule has 5 nitrogen and oxygen atoms in total. The molecule has 2 aliphatic heterocycles. The fourth-order valence-electron chi connectivity index (χ4n) is 4.33. The zero-order valence-electron chi connectivity index (χ0n) is 15.6. The topological polar surface area (TPSA) is 49.3 Å². The highest BCUT2D eigenvalue weighted by atomic mass is 16.2. The van der Waals surface area contributed by atoms with Gasteiger partial charge in [-0.3, -0.25) is 14.8 Å². The smallest absolute Gasteiger partial charge is 0.222 e. The first kappa shape index (κ1) is 17.0. The van der Waals surface area contributed by atoms with Gasteiger partial charge in [0.15, 0.2) is 0 Å². The number of nitrogens with zero attached hydrogens (tertiary/aromatic N) is 4. The number of aromatic nitrogens is 2. The number of hydrogen-bond donors (Lipinski definition) is 0. The minimum atomic E-state index is -0.0363. The molecular formula is C21H26N4O. The van der Waals surface area contributed by atoms with Crippen LogP contribution in [0.25, 0.3) is 0 Å². The molecule has 0 aromatic carbocycles. The zero-order chi connectivity index (χ0) is 18.1. The molecule has 0 saturated carbocycles. The maximum atomic E-state index is 12.6. The predicted molar refractivity (Wildman–Crippen MR) is 102 cm³/mol. The number of fused-ring (bicyclic) bond motifs is 2. The molecule has 0 radical (unpaired) electrons. The quantitative estimate of drug-likeness (QED) is 0.850. The summed E-state index contributed by atoms with van der Waals surface area (Å²) in [6.45, 7) is 7.57. The number of anilines is 1. The van der Waals surface area contributed by atoms with Crippen LogP contribution in [-0.2, 0) is 16.8 Å². The second-order valence-electron chi connectivity index (χ2n) is 8.03. The third kappa shape index (κ3) is 3.06. The van der Waals surface area contributed by atoms with Crippen molar-refractivity contribution in [1.29, 1.82) is 0 Å². The minimum Gasteiger partial charge on any atom is -0.365 e. The van der Waals surface area contributed by atoms with E-state index in [0.717, 1.165) is 38.3 Å². The molecule has 0 unspecified atom stereocenters. The van der Waals surface area contributed by atoms with Gasteiger partial charge in [0.1, 0.15) is 0 Å². The Balaban J connectivity index is 1.58. The molecule has 5 heteroatoms. The van der Waals surface area contributed by atoms with Gasteiger partial charge < -0.3 is 9.80 Å². The van der Waals surface area contributed by atoms with Gasteiger partial charge in [-0.2, -0.15) is 0 Å². The largest absolute Gasteiger partial charge is 0.365 e. The number of hydrogen-bond acceptors (Lipinski definition) is 4. The van der Waals surface area contributed by atoms with Gasteiger partial charge in [0.05, 0.1) is 16.8 Å². The molecule has 0 N–H and O–H groups in total. The monoisotopic (exact) mass is 350 g/mol. The van der Waals surface area contributed by atoms with Crippen molar-refractivity contribution in [2.75, 3.05) is 24.5 Å². The number of carbonyl (C=O) groups excluding carboxylic acids is 1. The molecule has 2 aliphatic rings. The third-order valence-corrected chi connectivity index (χ3v) is 5.51. The fraction of sp³-hybridized carbons (Fsp3) is 0.476. The fourth-order valence-corrected chi connectivity index (χ4v) is 4.33. The van der Waals surface area contributed by atoms with Crippen LogP contribution in [0.15, 0.2) is 42.9 Å². The van der Waals surface area contributed by atoms with E-state index >= 15 is 0 Å². The second kappa shape index (κ2) is 6.71. The molecule has 26 heavy (non-hydrogen) atoms. The maximum Gasteiger partial charge on any atom is 0.222 e. The summed E-state index contributed by atoms with van der Waals surface area (Å²) in [5.41, 5.74) is 3.52. The van der Waals surface area contributed by atoms with Crippen molar-refractivity contribution < 1.29 is 4.79 Å². The first-order chi connectivity index (χ1) is 12.6. The summed E-state index contributed by atoms with van der Waals surface area (Å²) in [5, 5.41) is 0. The minimum absolute atomic E-state index is 0.0363. The van der Waals surface area contributed by atoms with E-state index < -0.39 is 0 Å². The summed E-state index contributed by atoms with van der Waals surface area (Å²) in [5.74, 6) is 0.676. The number of pyridine rings is 2. The molecule has 1 fully saturated rings. The van der Waals surface area contributed by atoms with Crippen LogP contribution < -0.4 is 4.90 Å². The lowest BCUT2D eigenvalue weighted by Crippen LogP contribution is -2.38. The van der Waals surface area contributed by atoms with Crippen LogP contribution in [-0.4, -0.2) is 40.4 Å². The molecule has 0 bridgehead atoms. The van der Waals surface area contributed by atoms with Gasteiger partial charge in [-0.25, -0.2) is 0 Å². The van der Waals surface area contributed by atoms with E-state index in [1.165, 1.54) is 11.3 Å². The Kier molecular flexibility index (Phi) is 4.39. The van der Waals surface area contributed by atoms with Crippen molar-refractivity contribution in [2.45, 2.75) is 38.6 Å². The van der Waals surface area contributed by atoms with Crippen molar-refractivity contribution in [3.05, 3.63) is 54.1 Å². The number of rotatable bonds is 4. The Hall–Kier alpha value is -2.43. The third-order valence-electron chi connectivity index (χ3n) is 5.51. The summed E-state index contributed by atoms with van der Waals surface area (Å²) in [7, 11) is 0. The van der Waals surface area contributed by atoms with Crippen LogP contribution in [0.1, 0.15) is 37.9 Å². The molecular weight excluding hydrogens is 324 g/mol. The van der Waals surface area contributed by atoms with Crippen LogP contribution in [0, 0.1) is 5.92 Å². The SMILES string of the molecule is CC(C)CC(=O)N1CC[C@]2(C1)CN(Cc1cccnc1)c1cccnc12. The molecule has 1 saturated heterocycles. The average molecular weight is 350 g/mol. The van der Waals surface area contributed by atoms with Crippen molar-refractivity contribution in [3.63, 3.8) is 0 Å². The first-order valence-electron chi connectivity index (χ1n) is 9.44. The lowest BCUT2D eigenvalue weighted by molar-refractivity contribution is -0.131.